The van der Waals surface area contributed by atoms with Crippen molar-refractivity contribution in [3.05, 3.63) is 47.7 Å². The summed E-state index contributed by atoms with van der Waals surface area (Å²) in [6.07, 6.45) is 1.58. The third kappa shape index (κ3) is 3.55. The average Bonchev–Trinajstić information content (AvgIpc) is 2.47. The van der Waals surface area contributed by atoms with Gasteiger partial charge in [-0.05, 0) is 29.7 Å². The number of amidine groups is 1. The number of ether oxygens (including phenoxy) is 2. The second-order valence-corrected chi connectivity index (χ2v) is 6.01. The van der Waals surface area contributed by atoms with Crippen molar-refractivity contribution in [3.63, 3.8) is 0 Å². The molecule has 2 aromatic rings. The lowest BCUT2D eigenvalue weighted by Gasteiger charge is -2.23. The maximum Gasteiger partial charge on any atom is 0.219 e. The van der Waals surface area contributed by atoms with Crippen LogP contribution in [0.5, 0.6) is 17.4 Å². The van der Waals surface area contributed by atoms with Crippen molar-refractivity contribution in [2.45, 2.75) is 26.2 Å². The second kappa shape index (κ2) is 6.05. The van der Waals surface area contributed by atoms with E-state index < -0.39 is 0 Å². The van der Waals surface area contributed by atoms with Gasteiger partial charge in [-0.2, -0.15) is 0 Å². The molecular formula is C17H21N3O2. The molecule has 0 unspecified atom stereocenters. The number of methoxy groups -OCH3 is 1. The maximum atomic E-state index is 7.48. The van der Waals surface area contributed by atoms with Crippen molar-refractivity contribution in [2.24, 2.45) is 5.73 Å². The second-order valence-electron chi connectivity index (χ2n) is 6.01. The van der Waals surface area contributed by atoms with Crippen LogP contribution in [0.3, 0.4) is 0 Å². The summed E-state index contributed by atoms with van der Waals surface area (Å²) in [5, 5.41) is 7.48. The van der Waals surface area contributed by atoms with Crippen LogP contribution in [-0.2, 0) is 5.41 Å². The van der Waals surface area contributed by atoms with Crippen LogP contribution in [0.1, 0.15) is 31.9 Å². The number of hydrogen-bond acceptors (Lipinski definition) is 4. The Bertz CT molecular complexity index is 691. The number of rotatable bonds is 4. The van der Waals surface area contributed by atoms with Crippen LogP contribution in [0.15, 0.2) is 36.5 Å². The van der Waals surface area contributed by atoms with E-state index in [0.717, 1.165) is 11.3 Å². The normalized spacial score (nSPS) is 11.1. The molecule has 0 amide bonds. The fraction of sp³-hybridized carbons (Fsp3) is 0.294. The number of benzene rings is 1. The van der Waals surface area contributed by atoms with E-state index in [1.165, 1.54) is 0 Å². The minimum absolute atomic E-state index is 0.0157. The molecule has 116 valence electrons. The number of nitrogen functional groups attached to an aromatic ring is 1. The van der Waals surface area contributed by atoms with E-state index in [9.17, 15) is 0 Å². The first-order valence-electron chi connectivity index (χ1n) is 6.98. The smallest absolute Gasteiger partial charge is 0.219 e. The number of hydrogen-bond donors (Lipinski definition) is 2. The molecule has 0 spiro atoms. The third-order valence-corrected chi connectivity index (χ3v) is 3.26. The predicted octanol–water partition coefficient (Wildman–Crippen LogP) is 3.46. The fourth-order valence-electron chi connectivity index (χ4n) is 2.06. The molecule has 0 fully saturated rings. The van der Waals surface area contributed by atoms with Crippen molar-refractivity contribution >= 4 is 5.84 Å². The van der Waals surface area contributed by atoms with Crippen LogP contribution in [0, 0.1) is 5.41 Å². The van der Waals surface area contributed by atoms with Gasteiger partial charge in [-0.15, -0.1) is 0 Å². The topological polar surface area (TPSA) is 81.2 Å². The zero-order valence-electron chi connectivity index (χ0n) is 13.3. The third-order valence-electron chi connectivity index (χ3n) is 3.26. The standard InChI is InChI=1S/C17H21N3O2/c1-17(2,3)13-10-12(21-4)5-6-14(13)22-15-9-11(16(18)19)7-8-20-15/h5-10H,1-4H3,(H3,18,19). The maximum absolute atomic E-state index is 7.48. The molecule has 3 N–H and O–H groups in total. The Kier molecular flexibility index (Phi) is 4.35. The van der Waals surface area contributed by atoms with Gasteiger partial charge in [0.05, 0.1) is 7.11 Å². The molecule has 1 aromatic carbocycles. The quantitative estimate of drug-likeness (QED) is 0.669. The van der Waals surface area contributed by atoms with Gasteiger partial charge in [0.15, 0.2) is 0 Å². The van der Waals surface area contributed by atoms with Gasteiger partial charge in [0.25, 0.3) is 0 Å². The molecular weight excluding hydrogens is 278 g/mol. The Labute approximate surface area is 130 Å². The Balaban J connectivity index is 2.41. The van der Waals surface area contributed by atoms with Crippen LogP contribution in [0.2, 0.25) is 0 Å². The lowest BCUT2D eigenvalue weighted by atomic mass is 9.86. The first-order valence-corrected chi connectivity index (χ1v) is 6.98. The molecule has 0 atom stereocenters. The monoisotopic (exact) mass is 299 g/mol. The molecule has 1 aromatic heterocycles. The van der Waals surface area contributed by atoms with Gasteiger partial charge in [-0.25, -0.2) is 4.98 Å². The van der Waals surface area contributed by atoms with Crippen LogP contribution in [0.4, 0.5) is 0 Å². The number of nitrogens with zero attached hydrogens (tertiary/aromatic N) is 1. The molecule has 0 saturated carbocycles. The predicted molar refractivity (Wildman–Crippen MR) is 87.0 cm³/mol. The van der Waals surface area contributed by atoms with Crippen LogP contribution in [0.25, 0.3) is 0 Å². The Hall–Kier alpha value is -2.56. The SMILES string of the molecule is COc1ccc(Oc2cc(C(=N)N)ccn2)c(C(C)(C)C)c1. The van der Waals surface area contributed by atoms with Gasteiger partial charge < -0.3 is 15.2 Å². The van der Waals surface area contributed by atoms with Gasteiger partial charge >= 0.3 is 0 Å². The molecule has 0 bridgehead atoms. The number of pyridine rings is 1. The fourth-order valence-corrected chi connectivity index (χ4v) is 2.06. The summed E-state index contributed by atoms with van der Waals surface area (Å²) in [6.45, 7) is 6.32. The van der Waals surface area contributed by atoms with Crippen LogP contribution >= 0.6 is 0 Å². The first-order chi connectivity index (χ1) is 10.3. The molecule has 0 aliphatic rings. The summed E-state index contributed by atoms with van der Waals surface area (Å²) >= 11 is 0. The summed E-state index contributed by atoms with van der Waals surface area (Å²) in [6, 6.07) is 9.00. The molecule has 22 heavy (non-hydrogen) atoms. The highest BCUT2D eigenvalue weighted by molar-refractivity contribution is 5.95. The van der Waals surface area contributed by atoms with Gasteiger partial charge in [0, 0.05) is 23.4 Å². The van der Waals surface area contributed by atoms with E-state index in [1.54, 1.807) is 25.4 Å². The summed E-state index contributed by atoms with van der Waals surface area (Å²) < 4.78 is 11.2. The highest BCUT2D eigenvalue weighted by atomic mass is 16.5. The number of nitrogens with one attached hydrogen (secondary N) is 1. The van der Waals surface area contributed by atoms with E-state index in [-0.39, 0.29) is 11.3 Å². The van der Waals surface area contributed by atoms with E-state index in [0.29, 0.717) is 17.2 Å². The molecule has 5 heteroatoms. The lowest BCUT2D eigenvalue weighted by molar-refractivity contribution is 0.405. The highest BCUT2D eigenvalue weighted by Gasteiger charge is 2.20. The molecule has 0 saturated heterocycles. The van der Waals surface area contributed by atoms with Crippen molar-refractivity contribution in [3.8, 4) is 17.4 Å². The van der Waals surface area contributed by atoms with Crippen molar-refractivity contribution in [1.82, 2.24) is 4.98 Å². The first kappa shape index (κ1) is 15.8. The van der Waals surface area contributed by atoms with Crippen molar-refractivity contribution < 1.29 is 9.47 Å². The van der Waals surface area contributed by atoms with Gasteiger partial charge in [0.2, 0.25) is 5.88 Å². The molecule has 5 nitrogen and oxygen atoms in total. The Morgan fingerprint density at radius 2 is 1.91 bits per heavy atom. The van der Waals surface area contributed by atoms with Gasteiger partial charge in [-0.1, -0.05) is 20.8 Å². The lowest BCUT2D eigenvalue weighted by Crippen LogP contribution is -2.13. The van der Waals surface area contributed by atoms with Crippen molar-refractivity contribution in [1.29, 1.82) is 5.41 Å². The highest BCUT2D eigenvalue weighted by Crippen LogP contribution is 2.36. The molecule has 0 aliphatic carbocycles. The Morgan fingerprint density at radius 1 is 1.18 bits per heavy atom. The summed E-state index contributed by atoms with van der Waals surface area (Å²) in [7, 11) is 1.64. The molecule has 0 aliphatic heterocycles. The molecule has 0 radical (unpaired) electrons. The van der Waals surface area contributed by atoms with Crippen LogP contribution in [-0.4, -0.2) is 17.9 Å². The number of nitrogens with two attached hydrogens (primary N) is 1. The summed E-state index contributed by atoms with van der Waals surface area (Å²) in [5.41, 5.74) is 6.98. The van der Waals surface area contributed by atoms with Gasteiger partial charge in [0.1, 0.15) is 17.3 Å². The zero-order chi connectivity index (χ0) is 16.3. The molecule has 1 heterocycles. The Morgan fingerprint density at radius 3 is 2.50 bits per heavy atom. The average molecular weight is 299 g/mol. The van der Waals surface area contributed by atoms with Gasteiger partial charge in [-0.3, -0.25) is 5.41 Å². The minimum Gasteiger partial charge on any atom is -0.497 e. The summed E-state index contributed by atoms with van der Waals surface area (Å²) in [4.78, 5) is 4.18. The van der Waals surface area contributed by atoms with E-state index in [2.05, 4.69) is 25.8 Å². The molecule has 2 rings (SSSR count). The largest absolute Gasteiger partial charge is 0.497 e. The van der Waals surface area contributed by atoms with E-state index in [1.807, 2.05) is 18.2 Å². The van der Waals surface area contributed by atoms with Crippen molar-refractivity contribution in [2.75, 3.05) is 7.11 Å². The zero-order valence-corrected chi connectivity index (χ0v) is 13.3. The number of aromatic nitrogens is 1. The minimum atomic E-state index is -0.109. The van der Waals surface area contributed by atoms with E-state index in [4.69, 9.17) is 20.6 Å². The van der Waals surface area contributed by atoms with Crippen LogP contribution < -0.4 is 15.2 Å². The van der Waals surface area contributed by atoms with E-state index >= 15 is 0 Å². The summed E-state index contributed by atoms with van der Waals surface area (Å²) in [5.74, 6) is 1.88.